The Balaban J connectivity index is 1.44. The number of nitriles is 1. The molecule has 0 unspecified atom stereocenters. The van der Waals surface area contributed by atoms with Gasteiger partial charge in [-0.2, -0.15) is 5.26 Å². The molecule has 2 aromatic rings. The Morgan fingerprint density at radius 2 is 2.18 bits per heavy atom. The summed E-state index contributed by atoms with van der Waals surface area (Å²) in [6.07, 6.45) is 0.829. The number of primary amides is 1. The number of carbonyl (C=O) groups excluding carboxylic acids is 1. The quantitative estimate of drug-likeness (QED) is 0.738. The smallest absolute Gasteiger partial charge is 0.243 e. The van der Waals surface area contributed by atoms with Gasteiger partial charge in [0.25, 0.3) is 0 Å². The van der Waals surface area contributed by atoms with Crippen molar-refractivity contribution >= 4 is 11.9 Å². The van der Waals surface area contributed by atoms with Crippen molar-refractivity contribution in [3.05, 3.63) is 42.1 Å². The van der Waals surface area contributed by atoms with Crippen LogP contribution in [0.15, 0.2) is 36.5 Å². The Labute approximate surface area is 161 Å². The maximum absolute atomic E-state index is 10.9. The van der Waals surface area contributed by atoms with Crippen LogP contribution >= 0.6 is 0 Å². The molecule has 3 heterocycles. The molecule has 9 nitrogen and oxygen atoms in total. The van der Waals surface area contributed by atoms with E-state index in [-0.39, 0.29) is 31.0 Å². The van der Waals surface area contributed by atoms with E-state index in [1.807, 2.05) is 12.1 Å². The zero-order valence-electron chi connectivity index (χ0n) is 14.9. The summed E-state index contributed by atoms with van der Waals surface area (Å²) >= 11 is 0. The van der Waals surface area contributed by atoms with Gasteiger partial charge in [0.2, 0.25) is 11.9 Å². The van der Waals surface area contributed by atoms with Gasteiger partial charge < -0.3 is 25.3 Å². The standard InChI is InChI=1S/C19H19N5O4/c20-7-11-2-1-3-12(6-11)13-4-5-22-19(23-13)24-14-8-27-18-15(9-28-17(14)18)26-10-16(21)25/h1-6,14-15,17-18H,8-10H2,(H2,21,25)(H,22,23,24)/t14-,15+,17+,18+/m0/s1. The first-order valence-corrected chi connectivity index (χ1v) is 8.87. The van der Waals surface area contributed by atoms with Gasteiger partial charge in [0.1, 0.15) is 24.9 Å². The third-order valence-corrected chi connectivity index (χ3v) is 4.71. The molecule has 9 heteroatoms. The maximum atomic E-state index is 10.9. The molecular weight excluding hydrogens is 362 g/mol. The van der Waals surface area contributed by atoms with Gasteiger partial charge in [0, 0.05) is 11.8 Å². The van der Waals surface area contributed by atoms with Crippen LogP contribution in [0.25, 0.3) is 11.3 Å². The number of fused-ring (bicyclic) bond motifs is 1. The first-order chi connectivity index (χ1) is 13.6. The number of hydrogen-bond donors (Lipinski definition) is 2. The normalized spacial score (nSPS) is 25.8. The van der Waals surface area contributed by atoms with E-state index in [1.54, 1.807) is 24.4 Å². The third kappa shape index (κ3) is 3.80. The van der Waals surface area contributed by atoms with Crippen molar-refractivity contribution in [2.45, 2.75) is 24.4 Å². The molecule has 2 fully saturated rings. The lowest BCUT2D eigenvalue weighted by atomic mass is 10.1. The maximum Gasteiger partial charge on any atom is 0.243 e. The van der Waals surface area contributed by atoms with Crippen LogP contribution in [0.2, 0.25) is 0 Å². The third-order valence-electron chi connectivity index (χ3n) is 4.71. The molecule has 1 amide bonds. The van der Waals surface area contributed by atoms with Crippen molar-refractivity contribution in [2.24, 2.45) is 5.73 Å². The SMILES string of the molecule is N#Cc1cccc(-c2ccnc(N[C@H]3CO[C@H]4[C@@H]3OC[C@H]4OCC(N)=O)n2)c1. The fraction of sp³-hybridized carbons (Fsp3) is 0.368. The number of anilines is 1. The number of amides is 1. The summed E-state index contributed by atoms with van der Waals surface area (Å²) in [5.74, 6) is -0.0824. The van der Waals surface area contributed by atoms with E-state index < -0.39 is 5.91 Å². The van der Waals surface area contributed by atoms with Crippen molar-refractivity contribution < 1.29 is 19.0 Å². The summed E-state index contributed by atoms with van der Waals surface area (Å²) in [6, 6.07) is 11.0. The summed E-state index contributed by atoms with van der Waals surface area (Å²) in [5, 5.41) is 12.3. The molecule has 2 aliphatic heterocycles. The monoisotopic (exact) mass is 381 g/mol. The van der Waals surface area contributed by atoms with Gasteiger partial charge in [-0.1, -0.05) is 12.1 Å². The minimum atomic E-state index is -0.526. The average Bonchev–Trinajstić information content (AvgIpc) is 3.30. The van der Waals surface area contributed by atoms with Crippen LogP contribution in [0, 0.1) is 11.3 Å². The van der Waals surface area contributed by atoms with Gasteiger partial charge >= 0.3 is 0 Å². The zero-order chi connectivity index (χ0) is 19.5. The molecular formula is C19H19N5O4. The molecule has 2 saturated heterocycles. The van der Waals surface area contributed by atoms with Crippen molar-refractivity contribution in [1.82, 2.24) is 9.97 Å². The van der Waals surface area contributed by atoms with Crippen LogP contribution in [-0.4, -0.2) is 60.0 Å². The first kappa shape index (κ1) is 18.3. The molecule has 0 spiro atoms. The van der Waals surface area contributed by atoms with Crippen molar-refractivity contribution in [2.75, 3.05) is 25.1 Å². The summed E-state index contributed by atoms with van der Waals surface area (Å²) < 4.78 is 17.1. The highest BCUT2D eigenvalue weighted by atomic mass is 16.6. The van der Waals surface area contributed by atoms with E-state index in [4.69, 9.17) is 25.2 Å². The fourth-order valence-corrected chi connectivity index (χ4v) is 3.42. The van der Waals surface area contributed by atoms with Crippen LogP contribution in [-0.2, 0) is 19.0 Å². The number of aromatic nitrogens is 2. The number of nitrogens with two attached hydrogens (primary N) is 1. The van der Waals surface area contributed by atoms with Crippen LogP contribution in [0.4, 0.5) is 5.95 Å². The molecule has 0 radical (unpaired) electrons. The van der Waals surface area contributed by atoms with Crippen LogP contribution in [0.1, 0.15) is 5.56 Å². The highest BCUT2D eigenvalue weighted by Crippen LogP contribution is 2.30. The van der Waals surface area contributed by atoms with Gasteiger partial charge in [-0.15, -0.1) is 0 Å². The molecule has 144 valence electrons. The van der Waals surface area contributed by atoms with E-state index in [0.29, 0.717) is 30.4 Å². The Morgan fingerprint density at radius 1 is 1.32 bits per heavy atom. The minimum absolute atomic E-state index is 0.145. The highest BCUT2D eigenvalue weighted by Gasteiger charge is 2.48. The van der Waals surface area contributed by atoms with E-state index in [9.17, 15) is 4.79 Å². The van der Waals surface area contributed by atoms with Gasteiger partial charge in [0.05, 0.1) is 36.6 Å². The summed E-state index contributed by atoms with van der Waals surface area (Å²) in [6.45, 7) is 0.581. The lowest BCUT2D eigenvalue weighted by Crippen LogP contribution is -2.37. The number of benzene rings is 1. The molecule has 0 saturated carbocycles. The summed E-state index contributed by atoms with van der Waals surface area (Å²) in [4.78, 5) is 19.7. The topological polar surface area (TPSA) is 132 Å². The first-order valence-electron chi connectivity index (χ1n) is 8.87. The van der Waals surface area contributed by atoms with Crippen LogP contribution < -0.4 is 11.1 Å². The molecule has 4 atom stereocenters. The lowest BCUT2D eigenvalue weighted by molar-refractivity contribution is -0.126. The molecule has 1 aromatic carbocycles. The Bertz CT molecular complexity index is 915. The fourth-order valence-electron chi connectivity index (χ4n) is 3.42. The van der Waals surface area contributed by atoms with Gasteiger partial charge in [-0.05, 0) is 18.2 Å². The second-order valence-corrected chi connectivity index (χ2v) is 6.62. The van der Waals surface area contributed by atoms with E-state index >= 15 is 0 Å². The molecule has 3 N–H and O–H groups in total. The number of nitrogens with zero attached hydrogens (tertiary/aromatic N) is 3. The lowest BCUT2D eigenvalue weighted by Gasteiger charge is -2.18. The van der Waals surface area contributed by atoms with Gasteiger partial charge in [0.15, 0.2) is 0 Å². The molecule has 0 bridgehead atoms. The van der Waals surface area contributed by atoms with Gasteiger partial charge in [-0.25, -0.2) is 9.97 Å². The number of hydrogen-bond acceptors (Lipinski definition) is 8. The Hall–Kier alpha value is -3.06. The molecule has 2 aliphatic rings. The number of nitrogens with one attached hydrogen (secondary N) is 1. The van der Waals surface area contributed by atoms with Crippen molar-refractivity contribution in [1.29, 1.82) is 5.26 Å². The molecule has 0 aliphatic carbocycles. The van der Waals surface area contributed by atoms with Crippen LogP contribution in [0.5, 0.6) is 0 Å². The summed E-state index contributed by atoms with van der Waals surface area (Å²) in [5.41, 5.74) is 7.24. The molecule has 1 aromatic heterocycles. The molecule has 4 rings (SSSR count). The predicted molar refractivity (Wildman–Crippen MR) is 98.0 cm³/mol. The van der Waals surface area contributed by atoms with Crippen molar-refractivity contribution in [3.63, 3.8) is 0 Å². The Kier molecular flexibility index (Phi) is 5.16. The average molecular weight is 381 g/mol. The summed E-state index contributed by atoms with van der Waals surface area (Å²) in [7, 11) is 0. The number of carbonyl (C=O) groups is 1. The largest absolute Gasteiger partial charge is 0.370 e. The Morgan fingerprint density at radius 3 is 3.00 bits per heavy atom. The van der Waals surface area contributed by atoms with Crippen LogP contribution in [0.3, 0.4) is 0 Å². The minimum Gasteiger partial charge on any atom is -0.370 e. The zero-order valence-corrected chi connectivity index (χ0v) is 14.9. The van der Waals surface area contributed by atoms with E-state index in [2.05, 4.69) is 21.4 Å². The van der Waals surface area contributed by atoms with Crippen molar-refractivity contribution in [3.8, 4) is 17.3 Å². The number of ether oxygens (including phenoxy) is 3. The number of rotatable bonds is 6. The predicted octanol–water partition coefficient (Wildman–Crippen LogP) is 0.464. The molecule has 28 heavy (non-hydrogen) atoms. The second kappa shape index (κ2) is 7.90. The highest BCUT2D eigenvalue weighted by molar-refractivity contribution is 5.75. The van der Waals surface area contributed by atoms with E-state index in [1.165, 1.54) is 0 Å². The second-order valence-electron chi connectivity index (χ2n) is 6.62. The van der Waals surface area contributed by atoms with E-state index in [0.717, 1.165) is 5.56 Å². The van der Waals surface area contributed by atoms with Gasteiger partial charge in [-0.3, -0.25) is 4.79 Å².